The summed E-state index contributed by atoms with van der Waals surface area (Å²) in [6.45, 7) is 4.30. The fraction of sp³-hybridized carbons (Fsp3) is 0.435. The molecule has 138 valence electrons. The zero-order chi connectivity index (χ0) is 18.5. The minimum absolute atomic E-state index is 0.0730. The van der Waals surface area contributed by atoms with Gasteiger partial charge in [0.2, 0.25) is 0 Å². The molecule has 0 saturated carbocycles. The van der Waals surface area contributed by atoms with Crippen LogP contribution in [0.3, 0.4) is 0 Å². The van der Waals surface area contributed by atoms with E-state index in [1.54, 1.807) is 12.4 Å². The Balaban J connectivity index is 2.11. The molecule has 0 saturated heterocycles. The third kappa shape index (κ3) is 3.92. The minimum atomic E-state index is 0.0730. The van der Waals surface area contributed by atoms with Crippen LogP contribution in [-0.4, -0.2) is 15.2 Å². The predicted molar refractivity (Wildman–Crippen MR) is 107 cm³/mol. The summed E-state index contributed by atoms with van der Waals surface area (Å²) in [5.74, 6) is 0.516. The molecule has 0 spiro atoms. The number of hydrogen-bond acceptors (Lipinski definition) is 3. The molecule has 3 rings (SSSR count). The number of hydrogen-bond donors (Lipinski definition) is 2. The number of aromatic nitrogens is 1. The highest BCUT2D eigenvalue weighted by Gasteiger charge is 2.25. The van der Waals surface area contributed by atoms with Crippen molar-refractivity contribution in [3.05, 3.63) is 53.4 Å². The highest BCUT2D eigenvalue weighted by molar-refractivity contribution is 5.77. The van der Waals surface area contributed by atoms with Gasteiger partial charge in [-0.25, -0.2) is 0 Å². The van der Waals surface area contributed by atoms with Crippen molar-refractivity contribution < 1.29 is 10.2 Å². The van der Waals surface area contributed by atoms with Gasteiger partial charge in [0, 0.05) is 35.0 Å². The molecule has 1 unspecified atom stereocenters. The van der Waals surface area contributed by atoms with E-state index in [0.717, 1.165) is 61.6 Å². The number of benzene rings is 1. The van der Waals surface area contributed by atoms with Gasteiger partial charge in [-0.05, 0) is 56.7 Å². The number of pyridine rings is 1. The highest BCUT2D eigenvalue weighted by Crippen LogP contribution is 2.47. The Kier molecular flexibility index (Phi) is 5.97. The van der Waals surface area contributed by atoms with Crippen molar-refractivity contribution in [1.82, 2.24) is 4.98 Å². The van der Waals surface area contributed by atoms with Crippen LogP contribution < -0.4 is 0 Å². The molecule has 3 nitrogen and oxygen atoms in total. The van der Waals surface area contributed by atoms with E-state index in [0.29, 0.717) is 5.56 Å². The zero-order valence-electron chi connectivity index (χ0n) is 15.8. The number of phenolic OH excluding ortho intramolecular Hbond substituents is 2. The Morgan fingerprint density at radius 2 is 2.08 bits per heavy atom. The van der Waals surface area contributed by atoms with Crippen LogP contribution in [0, 0.1) is 0 Å². The molecule has 26 heavy (non-hydrogen) atoms. The van der Waals surface area contributed by atoms with E-state index in [1.807, 2.05) is 18.2 Å². The number of rotatable bonds is 6. The molecule has 0 radical (unpaired) electrons. The molecule has 3 heteroatoms. The normalized spacial score (nSPS) is 17.2. The average Bonchev–Trinajstić information content (AvgIpc) is 2.62. The summed E-state index contributed by atoms with van der Waals surface area (Å²) in [6, 6.07) is 5.74. The monoisotopic (exact) mass is 351 g/mol. The number of allylic oxidation sites excluding steroid dienone is 2. The van der Waals surface area contributed by atoms with Gasteiger partial charge >= 0.3 is 0 Å². The Labute approximate surface area is 156 Å². The van der Waals surface area contributed by atoms with E-state index >= 15 is 0 Å². The van der Waals surface area contributed by atoms with Crippen molar-refractivity contribution in [3.8, 4) is 22.6 Å². The lowest BCUT2D eigenvalue weighted by atomic mass is 9.82. The Bertz CT molecular complexity index is 781. The molecule has 0 amide bonds. The van der Waals surface area contributed by atoms with E-state index in [-0.39, 0.29) is 17.4 Å². The Hall–Kier alpha value is -2.29. The first-order valence-electron chi connectivity index (χ1n) is 9.77. The molecule has 2 N–H and O–H groups in total. The maximum Gasteiger partial charge on any atom is 0.131 e. The third-order valence-corrected chi connectivity index (χ3v) is 5.34. The maximum atomic E-state index is 11.2. The maximum absolute atomic E-state index is 11.2. The first-order valence-corrected chi connectivity index (χ1v) is 9.77. The summed E-state index contributed by atoms with van der Waals surface area (Å²) in [5.41, 5.74) is 4.74. The highest BCUT2D eigenvalue weighted by atomic mass is 16.3. The van der Waals surface area contributed by atoms with E-state index in [2.05, 4.69) is 24.9 Å². The molecule has 1 aliphatic rings. The van der Waals surface area contributed by atoms with Gasteiger partial charge in [0.15, 0.2) is 0 Å². The van der Waals surface area contributed by atoms with Crippen LogP contribution in [0.4, 0.5) is 0 Å². The van der Waals surface area contributed by atoms with Gasteiger partial charge in [0.25, 0.3) is 0 Å². The van der Waals surface area contributed by atoms with Gasteiger partial charge in [-0.1, -0.05) is 37.5 Å². The van der Waals surface area contributed by atoms with Gasteiger partial charge in [0.05, 0.1) is 0 Å². The van der Waals surface area contributed by atoms with Crippen LogP contribution >= 0.6 is 0 Å². The Morgan fingerprint density at radius 1 is 1.23 bits per heavy atom. The van der Waals surface area contributed by atoms with Crippen molar-refractivity contribution in [2.75, 3.05) is 0 Å². The van der Waals surface area contributed by atoms with E-state index in [1.165, 1.54) is 5.57 Å². The van der Waals surface area contributed by atoms with Crippen LogP contribution in [0.25, 0.3) is 11.1 Å². The van der Waals surface area contributed by atoms with E-state index in [4.69, 9.17) is 0 Å². The van der Waals surface area contributed by atoms with Gasteiger partial charge in [-0.2, -0.15) is 0 Å². The molecule has 0 fully saturated rings. The fourth-order valence-corrected chi connectivity index (χ4v) is 4.02. The van der Waals surface area contributed by atoms with Crippen LogP contribution in [-0.2, 0) is 6.42 Å². The molecule has 1 aliphatic carbocycles. The molecular formula is C23H29NO2. The second-order valence-electron chi connectivity index (χ2n) is 7.40. The number of phenols is 2. The summed E-state index contributed by atoms with van der Waals surface area (Å²) in [7, 11) is 0. The van der Waals surface area contributed by atoms with Crippen LogP contribution in [0.15, 0.2) is 42.2 Å². The van der Waals surface area contributed by atoms with Crippen molar-refractivity contribution >= 4 is 0 Å². The van der Waals surface area contributed by atoms with Gasteiger partial charge in [0.1, 0.15) is 11.5 Å². The lowest BCUT2D eigenvalue weighted by Gasteiger charge is -2.24. The van der Waals surface area contributed by atoms with Crippen molar-refractivity contribution in [1.29, 1.82) is 0 Å². The lowest BCUT2D eigenvalue weighted by Crippen LogP contribution is -2.05. The number of unbranched alkanes of at least 4 members (excludes halogenated alkanes) is 2. The van der Waals surface area contributed by atoms with Crippen molar-refractivity contribution in [3.63, 3.8) is 0 Å². The predicted octanol–water partition coefficient (Wildman–Crippen LogP) is 6.11. The smallest absolute Gasteiger partial charge is 0.131 e. The van der Waals surface area contributed by atoms with Gasteiger partial charge in [-0.15, -0.1) is 0 Å². The quantitative estimate of drug-likeness (QED) is 0.488. The van der Waals surface area contributed by atoms with Crippen LogP contribution in [0.1, 0.15) is 69.4 Å². The van der Waals surface area contributed by atoms with Gasteiger partial charge < -0.3 is 10.2 Å². The minimum Gasteiger partial charge on any atom is -0.507 e. The van der Waals surface area contributed by atoms with Crippen LogP contribution in [0.5, 0.6) is 11.5 Å². The number of aryl methyl sites for hydroxylation is 1. The summed E-state index contributed by atoms with van der Waals surface area (Å²) >= 11 is 0. The summed E-state index contributed by atoms with van der Waals surface area (Å²) in [5, 5.41) is 21.9. The average molecular weight is 351 g/mol. The standard InChI is InChI=1S/C23H29NO2/c1-3-4-5-9-18-14-20(25)22(17-10-6-8-16(2)13-17)23(26)21(18)19-11-7-12-24-15-19/h7,11-15,17,25-26H,3-6,8-10H2,1-2H3. The second-order valence-corrected chi connectivity index (χ2v) is 7.40. The Morgan fingerprint density at radius 3 is 2.77 bits per heavy atom. The van der Waals surface area contributed by atoms with E-state index in [9.17, 15) is 10.2 Å². The molecule has 1 heterocycles. The molecule has 2 aromatic rings. The SMILES string of the molecule is CCCCCc1cc(O)c(C2C=C(C)CCC2)c(O)c1-c1cccnc1. The molecule has 0 bridgehead atoms. The molecule has 1 aromatic heterocycles. The fourth-order valence-electron chi connectivity index (χ4n) is 4.02. The third-order valence-electron chi connectivity index (χ3n) is 5.34. The van der Waals surface area contributed by atoms with Crippen molar-refractivity contribution in [2.45, 2.75) is 64.7 Å². The zero-order valence-corrected chi connectivity index (χ0v) is 15.8. The second kappa shape index (κ2) is 8.39. The number of aromatic hydroxyl groups is 2. The first-order chi connectivity index (χ1) is 12.6. The lowest BCUT2D eigenvalue weighted by molar-refractivity contribution is 0.428. The molecular weight excluding hydrogens is 322 g/mol. The summed E-state index contributed by atoms with van der Waals surface area (Å²) < 4.78 is 0. The van der Waals surface area contributed by atoms with E-state index < -0.39 is 0 Å². The topological polar surface area (TPSA) is 53.4 Å². The molecule has 1 aromatic carbocycles. The summed E-state index contributed by atoms with van der Waals surface area (Å²) in [4.78, 5) is 4.23. The molecule has 0 aliphatic heterocycles. The largest absolute Gasteiger partial charge is 0.507 e. The summed E-state index contributed by atoms with van der Waals surface area (Å²) in [6.07, 6.45) is 13.1. The number of nitrogens with zero attached hydrogens (tertiary/aromatic N) is 1. The van der Waals surface area contributed by atoms with Crippen LogP contribution in [0.2, 0.25) is 0 Å². The van der Waals surface area contributed by atoms with Crippen molar-refractivity contribution in [2.24, 2.45) is 0 Å². The molecule has 1 atom stereocenters. The first kappa shape index (κ1) is 18.5. The van der Waals surface area contributed by atoms with Gasteiger partial charge in [-0.3, -0.25) is 4.98 Å².